The minimum absolute atomic E-state index is 0.0815. The van der Waals surface area contributed by atoms with Gasteiger partial charge in [0, 0.05) is 18.5 Å². The number of esters is 1. The first kappa shape index (κ1) is 17.1. The van der Waals surface area contributed by atoms with Crippen molar-refractivity contribution < 1.29 is 14.3 Å². The van der Waals surface area contributed by atoms with Gasteiger partial charge in [0.15, 0.2) is 6.61 Å². The van der Waals surface area contributed by atoms with Crippen LogP contribution in [0, 0.1) is 0 Å². The fourth-order valence-corrected chi connectivity index (χ4v) is 2.88. The summed E-state index contributed by atoms with van der Waals surface area (Å²) in [4.78, 5) is 40.8. The molecule has 0 saturated heterocycles. The number of amides is 1. The molecular weight excluding hydrogens is 322 g/mol. The molecule has 7 nitrogen and oxygen atoms in total. The predicted molar refractivity (Wildman–Crippen MR) is 92.5 cm³/mol. The highest BCUT2D eigenvalue weighted by molar-refractivity contribution is 5.95. The van der Waals surface area contributed by atoms with Crippen molar-refractivity contribution in [1.82, 2.24) is 14.9 Å². The normalized spacial score (nSPS) is 13.6. The Hall–Kier alpha value is -2.70. The maximum absolute atomic E-state index is 12.4. The summed E-state index contributed by atoms with van der Waals surface area (Å²) >= 11 is 0. The average molecular weight is 343 g/mol. The Morgan fingerprint density at radius 1 is 1.32 bits per heavy atom. The molecule has 0 spiro atoms. The van der Waals surface area contributed by atoms with Crippen LogP contribution in [0.15, 0.2) is 23.0 Å². The molecule has 0 bridgehead atoms. The van der Waals surface area contributed by atoms with Gasteiger partial charge in [-0.25, -0.2) is 9.78 Å². The van der Waals surface area contributed by atoms with Gasteiger partial charge in [0.05, 0.1) is 16.5 Å². The number of benzene rings is 1. The molecule has 0 unspecified atom stereocenters. The topological polar surface area (TPSA) is 90.3 Å². The average Bonchev–Trinajstić information content (AvgIpc) is 2.99. The van der Waals surface area contributed by atoms with Crippen LogP contribution in [-0.2, 0) is 22.5 Å². The molecule has 132 valence electrons. The third-order valence-electron chi connectivity index (χ3n) is 3.90. The van der Waals surface area contributed by atoms with Crippen LogP contribution >= 0.6 is 0 Å². The highest BCUT2D eigenvalue weighted by atomic mass is 16.5. The Labute approximate surface area is 145 Å². The number of nitrogens with zero attached hydrogens (tertiary/aromatic N) is 2. The minimum Gasteiger partial charge on any atom is -0.452 e. The summed E-state index contributed by atoms with van der Waals surface area (Å²) in [5, 5.41) is 3.20. The number of fused-ring (bicyclic) bond motifs is 2. The molecule has 1 aliphatic rings. The lowest BCUT2D eigenvalue weighted by molar-refractivity contribution is -0.125. The summed E-state index contributed by atoms with van der Waals surface area (Å²) in [6, 6.07) is 4.65. The zero-order valence-corrected chi connectivity index (χ0v) is 14.6. The van der Waals surface area contributed by atoms with Crippen LogP contribution in [0.25, 0.3) is 10.9 Å². The monoisotopic (exact) mass is 343 g/mol. The fraction of sp³-hybridized carbons (Fsp3) is 0.444. The van der Waals surface area contributed by atoms with Gasteiger partial charge in [-0.15, -0.1) is 0 Å². The predicted octanol–water partition coefficient (Wildman–Crippen LogP) is 1.41. The molecule has 7 heteroatoms. The van der Waals surface area contributed by atoms with E-state index >= 15 is 0 Å². The molecule has 1 aromatic heterocycles. The van der Waals surface area contributed by atoms with Crippen LogP contribution < -0.4 is 10.9 Å². The summed E-state index contributed by atoms with van der Waals surface area (Å²) in [5.41, 5.74) is 0.276. The van der Waals surface area contributed by atoms with Crippen LogP contribution in [0.2, 0.25) is 0 Å². The number of rotatable bonds is 3. The van der Waals surface area contributed by atoms with E-state index in [2.05, 4.69) is 10.3 Å². The maximum atomic E-state index is 12.4. The molecule has 0 saturated carbocycles. The number of carbonyl (C=O) groups is 2. The van der Waals surface area contributed by atoms with Crippen molar-refractivity contribution in [2.45, 2.75) is 45.7 Å². The Balaban J connectivity index is 1.78. The molecule has 25 heavy (non-hydrogen) atoms. The van der Waals surface area contributed by atoms with Crippen molar-refractivity contribution in [2.75, 3.05) is 6.61 Å². The van der Waals surface area contributed by atoms with E-state index in [1.54, 1.807) is 16.7 Å². The number of aromatic nitrogens is 2. The van der Waals surface area contributed by atoms with E-state index in [4.69, 9.17) is 4.74 Å². The molecule has 1 aliphatic heterocycles. The first-order valence-corrected chi connectivity index (χ1v) is 8.26. The molecule has 3 rings (SSSR count). The molecule has 2 heterocycles. The van der Waals surface area contributed by atoms with Gasteiger partial charge in [-0.2, -0.15) is 0 Å². The van der Waals surface area contributed by atoms with Gasteiger partial charge in [-0.1, -0.05) is 0 Å². The maximum Gasteiger partial charge on any atom is 0.338 e. The Morgan fingerprint density at radius 3 is 2.80 bits per heavy atom. The van der Waals surface area contributed by atoms with Crippen molar-refractivity contribution in [3.8, 4) is 0 Å². The Morgan fingerprint density at radius 2 is 2.08 bits per heavy atom. The standard InChI is InChI=1S/C18H21N3O4/c1-18(2,3)20-15(22)10-25-17(24)11-6-7-12-13(9-11)19-14-5-4-8-21(14)16(12)23/h6-7,9H,4-5,8,10H2,1-3H3,(H,20,22). The Kier molecular flexibility index (Phi) is 4.32. The van der Waals surface area contributed by atoms with Gasteiger partial charge in [-0.3, -0.25) is 14.2 Å². The Bertz CT molecular complexity index is 909. The van der Waals surface area contributed by atoms with Crippen molar-refractivity contribution in [1.29, 1.82) is 0 Å². The van der Waals surface area contributed by atoms with E-state index in [0.29, 0.717) is 17.4 Å². The summed E-state index contributed by atoms with van der Waals surface area (Å²) in [6.07, 6.45) is 1.66. The van der Waals surface area contributed by atoms with Crippen molar-refractivity contribution >= 4 is 22.8 Å². The van der Waals surface area contributed by atoms with Crippen molar-refractivity contribution in [3.63, 3.8) is 0 Å². The summed E-state index contributed by atoms with van der Waals surface area (Å²) in [6.45, 7) is 5.87. The second kappa shape index (κ2) is 6.31. The van der Waals surface area contributed by atoms with Gasteiger partial charge in [0.25, 0.3) is 11.5 Å². The highest BCUT2D eigenvalue weighted by Gasteiger charge is 2.19. The van der Waals surface area contributed by atoms with Crippen molar-refractivity contribution in [3.05, 3.63) is 39.9 Å². The van der Waals surface area contributed by atoms with Crippen LogP contribution in [-0.4, -0.2) is 33.6 Å². The molecule has 1 amide bonds. The lowest BCUT2D eigenvalue weighted by atomic mass is 10.1. The molecule has 0 fully saturated rings. The second-order valence-corrected chi connectivity index (χ2v) is 7.19. The number of aryl methyl sites for hydroxylation is 1. The molecule has 2 aromatic rings. The molecular formula is C18H21N3O4. The van der Waals surface area contributed by atoms with E-state index in [9.17, 15) is 14.4 Å². The fourth-order valence-electron chi connectivity index (χ4n) is 2.88. The van der Waals surface area contributed by atoms with Gasteiger partial charge in [0.2, 0.25) is 0 Å². The molecule has 0 radical (unpaired) electrons. The van der Waals surface area contributed by atoms with Crippen LogP contribution in [0.3, 0.4) is 0 Å². The van der Waals surface area contributed by atoms with Gasteiger partial charge in [0.1, 0.15) is 5.82 Å². The third-order valence-corrected chi connectivity index (χ3v) is 3.90. The molecule has 1 N–H and O–H groups in total. The largest absolute Gasteiger partial charge is 0.452 e. The number of nitrogens with one attached hydrogen (secondary N) is 1. The SMILES string of the molecule is CC(C)(C)NC(=O)COC(=O)c1ccc2c(=O)n3c(nc2c1)CCC3. The van der Waals surface area contributed by atoms with Crippen LogP contribution in [0.5, 0.6) is 0 Å². The number of carbonyl (C=O) groups excluding carboxylic acids is 2. The van der Waals surface area contributed by atoms with E-state index in [0.717, 1.165) is 18.7 Å². The van der Waals surface area contributed by atoms with Crippen molar-refractivity contribution in [2.24, 2.45) is 0 Å². The van der Waals surface area contributed by atoms with Crippen LogP contribution in [0.4, 0.5) is 0 Å². The number of hydrogen-bond acceptors (Lipinski definition) is 5. The van der Waals surface area contributed by atoms with Gasteiger partial charge < -0.3 is 10.1 Å². The van der Waals surface area contributed by atoms with E-state index in [1.807, 2.05) is 20.8 Å². The van der Waals surface area contributed by atoms with Gasteiger partial charge >= 0.3 is 5.97 Å². The summed E-state index contributed by atoms with van der Waals surface area (Å²) < 4.78 is 6.72. The first-order valence-electron chi connectivity index (χ1n) is 8.26. The van der Waals surface area contributed by atoms with E-state index < -0.39 is 5.97 Å². The second-order valence-electron chi connectivity index (χ2n) is 7.19. The van der Waals surface area contributed by atoms with E-state index in [-0.39, 0.29) is 29.2 Å². The molecule has 0 aliphatic carbocycles. The highest BCUT2D eigenvalue weighted by Crippen LogP contribution is 2.16. The lowest BCUT2D eigenvalue weighted by Gasteiger charge is -2.20. The van der Waals surface area contributed by atoms with E-state index in [1.165, 1.54) is 6.07 Å². The van der Waals surface area contributed by atoms with Crippen LogP contribution in [0.1, 0.15) is 43.4 Å². The smallest absolute Gasteiger partial charge is 0.338 e. The summed E-state index contributed by atoms with van der Waals surface area (Å²) in [7, 11) is 0. The first-order chi connectivity index (χ1) is 11.7. The molecule has 0 atom stereocenters. The molecule has 1 aromatic carbocycles. The quantitative estimate of drug-likeness (QED) is 0.851. The lowest BCUT2D eigenvalue weighted by Crippen LogP contribution is -2.42. The third kappa shape index (κ3) is 3.70. The minimum atomic E-state index is -0.617. The zero-order valence-electron chi connectivity index (χ0n) is 14.6. The number of ether oxygens (including phenoxy) is 1. The zero-order chi connectivity index (χ0) is 18.2. The van der Waals surface area contributed by atoms with Gasteiger partial charge in [-0.05, 0) is 45.4 Å². The summed E-state index contributed by atoms with van der Waals surface area (Å²) in [5.74, 6) is -0.239. The number of hydrogen-bond donors (Lipinski definition) is 1.